The lowest BCUT2D eigenvalue weighted by Gasteiger charge is -2.03. The number of anilines is 1. The van der Waals surface area contributed by atoms with Crippen LogP contribution in [0.5, 0.6) is 0 Å². The maximum Gasteiger partial charge on any atom is 0.324 e. The van der Waals surface area contributed by atoms with E-state index in [-0.39, 0.29) is 6.03 Å². The van der Waals surface area contributed by atoms with Gasteiger partial charge < -0.3 is 5.32 Å². The number of hydrogen-bond acceptors (Lipinski definition) is 2. The van der Waals surface area contributed by atoms with Crippen LogP contribution in [0.4, 0.5) is 10.6 Å². The van der Waals surface area contributed by atoms with Gasteiger partial charge in [-0.05, 0) is 23.8 Å². The van der Waals surface area contributed by atoms with E-state index in [9.17, 15) is 4.79 Å². The molecule has 2 amide bonds. The van der Waals surface area contributed by atoms with Gasteiger partial charge in [0.05, 0.1) is 5.02 Å². The van der Waals surface area contributed by atoms with Crippen molar-refractivity contribution in [2.45, 2.75) is 0 Å². The Labute approximate surface area is 116 Å². The summed E-state index contributed by atoms with van der Waals surface area (Å²) in [6.45, 7) is 0. The summed E-state index contributed by atoms with van der Waals surface area (Å²) in [5, 5.41) is 5.70. The third-order valence-corrected chi connectivity index (χ3v) is 2.48. The van der Waals surface area contributed by atoms with Gasteiger partial charge in [-0.3, -0.25) is 5.32 Å². The molecular formula is C14H12ClN3O. The van der Waals surface area contributed by atoms with Gasteiger partial charge in [0.15, 0.2) is 0 Å². The number of nitrogens with one attached hydrogen (secondary N) is 2. The molecule has 0 aliphatic heterocycles. The van der Waals surface area contributed by atoms with Crippen molar-refractivity contribution in [2.75, 3.05) is 5.32 Å². The molecular weight excluding hydrogens is 262 g/mol. The van der Waals surface area contributed by atoms with Crippen LogP contribution in [0.15, 0.2) is 54.9 Å². The zero-order chi connectivity index (χ0) is 13.5. The minimum atomic E-state index is -0.359. The Hall–Kier alpha value is -2.33. The number of pyridine rings is 1. The zero-order valence-electron chi connectivity index (χ0n) is 10.0. The molecule has 19 heavy (non-hydrogen) atoms. The molecule has 1 heterocycles. The van der Waals surface area contributed by atoms with Gasteiger partial charge in [0, 0.05) is 12.4 Å². The van der Waals surface area contributed by atoms with Gasteiger partial charge >= 0.3 is 6.03 Å². The Balaban J connectivity index is 1.85. The second-order valence-corrected chi connectivity index (χ2v) is 4.14. The number of carbonyl (C=O) groups is 1. The number of hydrogen-bond donors (Lipinski definition) is 2. The molecule has 1 aromatic carbocycles. The predicted molar refractivity (Wildman–Crippen MR) is 76.9 cm³/mol. The fraction of sp³-hybridized carbons (Fsp3) is 0. The first-order valence-corrected chi connectivity index (χ1v) is 6.02. The maximum absolute atomic E-state index is 11.5. The second kappa shape index (κ2) is 6.56. The topological polar surface area (TPSA) is 54.0 Å². The highest BCUT2D eigenvalue weighted by Gasteiger charge is 1.99. The molecule has 0 atom stereocenters. The monoisotopic (exact) mass is 273 g/mol. The van der Waals surface area contributed by atoms with Crippen LogP contribution in [0.2, 0.25) is 5.02 Å². The van der Waals surface area contributed by atoms with Gasteiger partial charge in [0.1, 0.15) is 5.82 Å². The van der Waals surface area contributed by atoms with Crippen molar-refractivity contribution in [3.8, 4) is 0 Å². The van der Waals surface area contributed by atoms with Crippen molar-refractivity contribution < 1.29 is 4.79 Å². The van der Waals surface area contributed by atoms with E-state index >= 15 is 0 Å². The van der Waals surface area contributed by atoms with Crippen LogP contribution in [0.25, 0.3) is 6.08 Å². The summed E-state index contributed by atoms with van der Waals surface area (Å²) in [4.78, 5) is 15.5. The number of halogens is 1. The van der Waals surface area contributed by atoms with Crippen LogP contribution in [0.1, 0.15) is 5.56 Å². The van der Waals surface area contributed by atoms with Crippen molar-refractivity contribution >= 4 is 29.5 Å². The van der Waals surface area contributed by atoms with Crippen molar-refractivity contribution in [3.63, 3.8) is 0 Å². The van der Waals surface area contributed by atoms with Crippen LogP contribution in [0, 0.1) is 0 Å². The van der Waals surface area contributed by atoms with E-state index in [2.05, 4.69) is 15.6 Å². The Morgan fingerprint density at radius 1 is 1.16 bits per heavy atom. The molecule has 1 aromatic heterocycles. The highest BCUT2D eigenvalue weighted by atomic mass is 35.5. The first-order valence-electron chi connectivity index (χ1n) is 5.65. The maximum atomic E-state index is 11.5. The highest BCUT2D eigenvalue weighted by molar-refractivity contribution is 6.30. The van der Waals surface area contributed by atoms with Crippen LogP contribution >= 0.6 is 11.6 Å². The minimum Gasteiger partial charge on any atom is -0.314 e. The molecule has 0 radical (unpaired) electrons. The molecule has 5 heteroatoms. The Kier molecular flexibility index (Phi) is 4.53. The van der Waals surface area contributed by atoms with Gasteiger partial charge in [-0.1, -0.05) is 41.9 Å². The Bertz CT molecular complexity index is 567. The summed E-state index contributed by atoms with van der Waals surface area (Å²) in [5.41, 5.74) is 1.01. The van der Waals surface area contributed by atoms with E-state index in [1.807, 2.05) is 30.3 Å². The molecule has 0 saturated heterocycles. The third-order valence-electron chi connectivity index (χ3n) is 2.26. The van der Waals surface area contributed by atoms with Gasteiger partial charge in [0.25, 0.3) is 0 Å². The summed E-state index contributed by atoms with van der Waals surface area (Å²) in [5.74, 6) is 0.440. The average Bonchev–Trinajstić information content (AvgIpc) is 2.43. The van der Waals surface area contributed by atoms with E-state index in [0.717, 1.165) is 5.56 Å². The molecule has 2 N–H and O–H groups in total. The van der Waals surface area contributed by atoms with E-state index < -0.39 is 0 Å². The molecule has 2 rings (SSSR count). The van der Waals surface area contributed by atoms with Crippen molar-refractivity contribution in [2.24, 2.45) is 0 Å². The standard InChI is InChI=1S/C14H12ClN3O/c15-12-6-7-13(17-10-12)18-14(19)16-9-8-11-4-2-1-3-5-11/h1-10H,(H2,16,17,18,19)/b9-8+. The number of carbonyl (C=O) groups excluding carboxylic acids is 1. The minimum absolute atomic E-state index is 0.359. The largest absolute Gasteiger partial charge is 0.324 e. The van der Waals surface area contributed by atoms with Gasteiger partial charge in [0.2, 0.25) is 0 Å². The fourth-order valence-corrected chi connectivity index (χ4v) is 1.49. The quantitative estimate of drug-likeness (QED) is 0.899. The molecule has 0 bridgehead atoms. The number of nitrogens with zero attached hydrogens (tertiary/aromatic N) is 1. The molecule has 0 aliphatic rings. The summed E-state index contributed by atoms with van der Waals surface area (Å²) >= 11 is 5.70. The fourth-order valence-electron chi connectivity index (χ4n) is 1.38. The SMILES string of the molecule is O=C(N/C=C/c1ccccc1)Nc1ccc(Cl)cn1. The Morgan fingerprint density at radius 2 is 1.95 bits per heavy atom. The summed E-state index contributed by atoms with van der Waals surface area (Å²) in [6.07, 6.45) is 4.84. The van der Waals surface area contributed by atoms with Crippen molar-refractivity contribution in [1.82, 2.24) is 10.3 Å². The summed E-state index contributed by atoms with van der Waals surface area (Å²) in [6, 6.07) is 12.6. The normalized spacial score (nSPS) is 10.4. The van der Waals surface area contributed by atoms with Crippen LogP contribution in [-0.4, -0.2) is 11.0 Å². The first kappa shape index (κ1) is 13.1. The van der Waals surface area contributed by atoms with Gasteiger partial charge in [-0.25, -0.2) is 9.78 Å². The van der Waals surface area contributed by atoms with Gasteiger partial charge in [-0.15, -0.1) is 0 Å². The Morgan fingerprint density at radius 3 is 2.63 bits per heavy atom. The number of urea groups is 1. The van der Waals surface area contributed by atoms with Crippen molar-refractivity contribution in [3.05, 3.63) is 65.4 Å². The number of aromatic nitrogens is 1. The molecule has 0 spiro atoms. The molecule has 0 aliphatic carbocycles. The highest BCUT2D eigenvalue weighted by Crippen LogP contribution is 2.09. The lowest BCUT2D eigenvalue weighted by Crippen LogP contribution is -2.24. The summed E-state index contributed by atoms with van der Waals surface area (Å²) in [7, 11) is 0. The molecule has 0 saturated carbocycles. The van der Waals surface area contributed by atoms with Crippen LogP contribution in [-0.2, 0) is 0 Å². The number of amides is 2. The molecule has 2 aromatic rings. The zero-order valence-corrected chi connectivity index (χ0v) is 10.8. The van der Waals surface area contributed by atoms with Crippen LogP contribution in [0.3, 0.4) is 0 Å². The smallest absolute Gasteiger partial charge is 0.314 e. The lowest BCUT2D eigenvalue weighted by molar-refractivity contribution is 0.255. The summed E-state index contributed by atoms with van der Waals surface area (Å²) < 4.78 is 0. The molecule has 96 valence electrons. The van der Waals surface area contributed by atoms with Gasteiger partial charge in [-0.2, -0.15) is 0 Å². The van der Waals surface area contributed by atoms with E-state index in [4.69, 9.17) is 11.6 Å². The molecule has 4 nitrogen and oxygen atoms in total. The van der Waals surface area contributed by atoms with Crippen LogP contribution < -0.4 is 10.6 Å². The van der Waals surface area contributed by atoms with E-state index in [1.165, 1.54) is 6.20 Å². The number of benzene rings is 1. The average molecular weight is 274 g/mol. The second-order valence-electron chi connectivity index (χ2n) is 3.70. The van der Waals surface area contributed by atoms with Crippen molar-refractivity contribution in [1.29, 1.82) is 0 Å². The van der Waals surface area contributed by atoms with E-state index in [1.54, 1.807) is 24.4 Å². The number of rotatable bonds is 3. The lowest BCUT2D eigenvalue weighted by atomic mass is 10.2. The predicted octanol–water partition coefficient (Wildman–Crippen LogP) is 3.53. The molecule has 0 fully saturated rings. The first-order chi connectivity index (χ1) is 9.24. The van der Waals surface area contributed by atoms with E-state index in [0.29, 0.717) is 10.8 Å². The third kappa shape index (κ3) is 4.44. The molecule has 0 unspecified atom stereocenters.